The summed E-state index contributed by atoms with van der Waals surface area (Å²) in [5.41, 5.74) is 0. The third-order valence-corrected chi connectivity index (χ3v) is 1.60. The van der Waals surface area contributed by atoms with Gasteiger partial charge in [-0.05, 0) is 12.5 Å². The van der Waals surface area contributed by atoms with Crippen LogP contribution in [0, 0.1) is 0 Å². The van der Waals surface area contributed by atoms with E-state index in [4.69, 9.17) is 5.11 Å². The van der Waals surface area contributed by atoms with Gasteiger partial charge in [-0.1, -0.05) is 0 Å². The average Bonchev–Trinajstić information content (AvgIpc) is 2.31. The predicted octanol–water partition coefficient (Wildman–Crippen LogP) is 0.681. The molecule has 1 amide bonds. The van der Waals surface area contributed by atoms with Gasteiger partial charge in [0.15, 0.2) is 0 Å². The molecule has 1 N–H and O–H groups in total. The molecule has 0 unspecified atom stereocenters. The number of aliphatic hydroxyl groups is 1. The van der Waals surface area contributed by atoms with Crippen LogP contribution in [0.4, 0.5) is 0 Å². The third-order valence-electron chi connectivity index (χ3n) is 1.60. The first-order valence-electron chi connectivity index (χ1n) is 3.41. The Hall–Kier alpha value is -0.990. The highest BCUT2D eigenvalue weighted by molar-refractivity contribution is 5.78. The summed E-state index contributed by atoms with van der Waals surface area (Å²) in [6.07, 6.45) is 4.17. The van der Waals surface area contributed by atoms with Gasteiger partial charge in [-0.3, -0.25) is 4.79 Å². The van der Waals surface area contributed by atoms with E-state index in [1.54, 1.807) is 11.0 Å². The van der Waals surface area contributed by atoms with Gasteiger partial charge < -0.3 is 10.0 Å². The number of carbonyl (C=O) groups is 1. The van der Waals surface area contributed by atoms with Crippen molar-refractivity contribution >= 4 is 5.91 Å². The molecule has 0 aliphatic carbocycles. The monoisotopic (exact) mass is 141 g/mol. The summed E-state index contributed by atoms with van der Waals surface area (Å²) in [7, 11) is 0. The lowest BCUT2D eigenvalue weighted by atomic mass is 10.4. The fourth-order valence-electron chi connectivity index (χ4n) is 1.07. The van der Waals surface area contributed by atoms with Crippen LogP contribution in [-0.4, -0.2) is 29.0 Å². The number of rotatable bonds is 2. The van der Waals surface area contributed by atoms with Crippen molar-refractivity contribution in [3.63, 3.8) is 0 Å². The van der Waals surface area contributed by atoms with Crippen LogP contribution in [0.3, 0.4) is 0 Å². The number of carbonyl (C=O) groups excluding carboxylic acids is 1. The van der Waals surface area contributed by atoms with E-state index in [-0.39, 0.29) is 5.91 Å². The molecule has 1 heterocycles. The Morgan fingerprint density at radius 2 is 2.50 bits per heavy atom. The highest BCUT2D eigenvalue weighted by Crippen LogP contribution is 2.08. The molecule has 0 atom stereocenters. The van der Waals surface area contributed by atoms with Crippen LogP contribution in [0.15, 0.2) is 12.3 Å². The van der Waals surface area contributed by atoms with Crippen molar-refractivity contribution in [1.82, 2.24) is 4.90 Å². The van der Waals surface area contributed by atoms with Crippen LogP contribution in [0.1, 0.15) is 12.8 Å². The Morgan fingerprint density at radius 3 is 3.00 bits per heavy atom. The fourth-order valence-corrected chi connectivity index (χ4v) is 1.07. The van der Waals surface area contributed by atoms with Crippen molar-refractivity contribution in [3.05, 3.63) is 12.3 Å². The van der Waals surface area contributed by atoms with Crippen molar-refractivity contribution in [2.24, 2.45) is 0 Å². The second-order valence-corrected chi connectivity index (χ2v) is 2.33. The van der Waals surface area contributed by atoms with E-state index in [2.05, 4.69) is 0 Å². The van der Waals surface area contributed by atoms with E-state index < -0.39 is 0 Å². The molecule has 0 aromatic rings. The maximum absolute atomic E-state index is 10.9. The van der Waals surface area contributed by atoms with E-state index in [9.17, 15) is 4.79 Å². The molecule has 10 heavy (non-hydrogen) atoms. The number of amides is 1. The molecule has 1 aliphatic heterocycles. The van der Waals surface area contributed by atoms with Crippen LogP contribution in [-0.2, 0) is 4.79 Å². The van der Waals surface area contributed by atoms with E-state index in [1.807, 2.05) is 0 Å². The van der Waals surface area contributed by atoms with Gasteiger partial charge in [0, 0.05) is 19.5 Å². The van der Waals surface area contributed by atoms with Crippen LogP contribution in [0.25, 0.3) is 0 Å². The van der Waals surface area contributed by atoms with Gasteiger partial charge in [-0.25, -0.2) is 0 Å². The average molecular weight is 141 g/mol. The molecule has 56 valence electrons. The van der Waals surface area contributed by atoms with Gasteiger partial charge in [-0.15, -0.1) is 0 Å². The van der Waals surface area contributed by atoms with E-state index in [0.29, 0.717) is 13.0 Å². The van der Waals surface area contributed by atoms with Crippen molar-refractivity contribution in [1.29, 1.82) is 0 Å². The standard InChI is InChI=1S/C7H11NO2/c9-6-2-5-8-4-1-3-7(8)10/h2,6,9H,1,3-5H2. The Labute approximate surface area is 59.9 Å². The fraction of sp³-hybridized carbons (Fsp3) is 0.571. The number of aliphatic hydroxyl groups excluding tert-OH is 1. The van der Waals surface area contributed by atoms with Gasteiger partial charge in [0.1, 0.15) is 0 Å². The summed E-state index contributed by atoms with van der Waals surface area (Å²) in [6.45, 7) is 1.39. The van der Waals surface area contributed by atoms with Gasteiger partial charge in [0.05, 0.1) is 6.26 Å². The molecule has 1 rings (SSSR count). The minimum absolute atomic E-state index is 0.193. The minimum Gasteiger partial charge on any atom is -0.516 e. The third kappa shape index (κ3) is 1.50. The Morgan fingerprint density at radius 1 is 1.70 bits per heavy atom. The number of likely N-dealkylation sites (tertiary alicyclic amines) is 1. The minimum atomic E-state index is 0.193. The quantitative estimate of drug-likeness (QED) is 0.574. The summed E-state index contributed by atoms with van der Waals surface area (Å²) >= 11 is 0. The molecule has 0 saturated carbocycles. The SMILES string of the molecule is O=C1CCCN1CC=CO. The number of hydrogen-bond acceptors (Lipinski definition) is 2. The summed E-state index contributed by atoms with van der Waals surface area (Å²) in [5.74, 6) is 0.193. The topological polar surface area (TPSA) is 40.5 Å². The molecule has 0 aromatic carbocycles. The maximum atomic E-state index is 10.9. The molecule has 3 heteroatoms. The number of nitrogens with zero attached hydrogens (tertiary/aromatic N) is 1. The van der Waals surface area contributed by atoms with Crippen LogP contribution < -0.4 is 0 Å². The zero-order valence-electron chi connectivity index (χ0n) is 5.79. The largest absolute Gasteiger partial charge is 0.516 e. The van der Waals surface area contributed by atoms with Crippen LogP contribution in [0.5, 0.6) is 0 Å². The van der Waals surface area contributed by atoms with Crippen molar-refractivity contribution in [2.45, 2.75) is 12.8 Å². The van der Waals surface area contributed by atoms with Gasteiger partial charge in [0.25, 0.3) is 0 Å². The van der Waals surface area contributed by atoms with E-state index in [1.165, 1.54) is 0 Å². The molecule has 1 saturated heterocycles. The van der Waals surface area contributed by atoms with E-state index >= 15 is 0 Å². The lowest BCUT2D eigenvalue weighted by molar-refractivity contribution is -0.127. The summed E-state index contributed by atoms with van der Waals surface area (Å²) in [4.78, 5) is 12.6. The highest BCUT2D eigenvalue weighted by atomic mass is 16.2. The molecule has 1 aliphatic rings. The summed E-state index contributed by atoms with van der Waals surface area (Å²) in [5, 5.41) is 8.29. The first-order chi connectivity index (χ1) is 4.84. The lowest BCUT2D eigenvalue weighted by Crippen LogP contribution is -2.24. The van der Waals surface area contributed by atoms with E-state index in [0.717, 1.165) is 19.2 Å². The van der Waals surface area contributed by atoms with Crippen LogP contribution in [0.2, 0.25) is 0 Å². The van der Waals surface area contributed by atoms with Gasteiger partial charge in [-0.2, -0.15) is 0 Å². The van der Waals surface area contributed by atoms with Crippen LogP contribution >= 0.6 is 0 Å². The molecule has 0 bridgehead atoms. The Kier molecular flexibility index (Phi) is 2.31. The smallest absolute Gasteiger partial charge is 0.222 e. The predicted molar refractivity (Wildman–Crippen MR) is 37.6 cm³/mol. The highest BCUT2D eigenvalue weighted by Gasteiger charge is 2.17. The lowest BCUT2D eigenvalue weighted by Gasteiger charge is -2.10. The molecule has 0 spiro atoms. The Balaban J connectivity index is 2.33. The van der Waals surface area contributed by atoms with Gasteiger partial charge >= 0.3 is 0 Å². The van der Waals surface area contributed by atoms with Gasteiger partial charge in [0.2, 0.25) is 5.91 Å². The maximum Gasteiger partial charge on any atom is 0.222 e. The Bertz CT molecular complexity index is 154. The molecular formula is C7H11NO2. The number of hydrogen-bond donors (Lipinski definition) is 1. The summed E-state index contributed by atoms with van der Waals surface area (Å²) in [6, 6.07) is 0. The van der Waals surface area contributed by atoms with Crippen molar-refractivity contribution < 1.29 is 9.90 Å². The van der Waals surface area contributed by atoms with Crippen molar-refractivity contribution in [2.75, 3.05) is 13.1 Å². The molecular weight excluding hydrogens is 130 g/mol. The molecule has 0 aromatic heterocycles. The molecule has 0 radical (unpaired) electrons. The second kappa shape index (κ2) is 3.25. The van der Waals surface area contributed by atoms with Crippen molar-refractivity contribution in [3.8, 4) is 0 Å². The first-order valence-corrected chi connectivity index (χ1v) is 3.41. The zero-order chi connectivity index (χ0) is 7.40. The second-order valence-electron chi connectivity index (χ2n) is 2.33. The molecule has 3 nitrogen and oxygen atoms in total. The summed E-state index contributed by atoms with van der Waals surface area (Å²) < 4.78 is 0. The first kappa shape index (κ1) is 7.12. The zero-order valence-corrected chi connectivity index (χ0v) is 5.79. The normalized spacial score (nSPS) is 19.2. The molecule has 1 fully saturated rings.